The fourth-order valence-electron chi connectivity index (χ4n) is 1.78. The number of hydrogen-bond acceptors (Lipinski definition) is 5. The smallest absolute Gasteiger partial charge is 0.247 e. The van der Waals surface area contributed by atoms with E-state index in [-0.39, 0.29) is 16.1 Å². The van der Waals surface area contributed by atoms with Gasteiger partial charge in [-0.25, -0.2) is 8.42 Å². The van der Waals surface area contributed by atoms with E-state index < -0.39 is 10.0 Å². The van der Waals surface area contributed by atoms with Crippen LogP contribution in [0.4, 0.5) is 0 Å². The molecule has 2 aromatic rings. The van der Waals surface area contributed by atoms with Gasteiger partial charge in [0.2, 0.25) is 10.0 Å². The van der Waals surface area contributed by atoms with Crippen LogP contribution in [-0.4, -0.2) is 26.3 Å². The number of hydrogen-bond donors (Lipinski definition) is 1. The third kappa shape index (κ3) is 3.76. The van der Waals surface area contributed by atoms with Crippen LogP contribution in [0.1, 0.15) is 18.4 Å². The number of nitrogens with one attached hydrogen (secondary N) is 1. The number of nitrogens with zero attached hydrogens (tertiary/aromatic N) is 1. The molecular weight excluding hydrogens is 360 g/mol. The lowest BCUT2D eigenvalue weighted by Crippen LogP contribution is -2.26. The van der Waals surface area contributed by atoms with Crippen LogP contribution in [0.15, 0.2) is 42.9 Å². The van der Waals surface area contributed by atoms with E-state index in [4.69, 9.17) is 8.83 Å². The number of sulfonamides is 1. The van der Waals surface area contributed by atoms with E-state index in [1.165, 1.54) is 23.7 Å². The van der Waals surface area contributed by atoms with Crippen LogP contribution in [0.2, 0.25) is 0 Å². The van der Waals surface area contributed by atoms with Gasteiger partial charge in [0, 0.05) is 13.1 Å². The van der Waals surface area contributed by atoms with Crippen LogP contribution in [0.25, 0.3) is 0 Å². The molecular formula is C13H17BrN2O4S. The van der Waals surface area contributed by atoms with Gasteiger partial charge in [-0.15, -0.1) is 0 Å². The molecule has 6 nitrogen and oxygen atoms in total. The average Bonchev–Trinajstić information content (AvgIpc) is 3.06. The van der Waals surface area contributed by atoms with Crippen molar-refractivity contribution in [2.45, 2.75) is 24.9 Å². The largest absolute Gasteiger partial charge is 0.468 e. The van der Waals surface area contributed by atoms with E-state index in [9.17, 15) is 8.42 Å². The van der Waals surface area contributed by atoms with Crippen molar-refractivity contribution in [2.75, 3.05) is 13.6 Å². The van der Waals surface area contributed by atoms with E-state index in [2.05, 4.69) is 21.2 Å². The first-order chi connectivity index (χ1) is 9.95. The Bertz CT molecular complexity index is 679. The van der Waals surface area contributed by atoms with Gasteiger partial charge in [0.1, 0.15) is 16.4 Å². The molecule has 8 heteroatoms. The van der Waals surface area contributed by atoms with Gasteiger partial charge in [-0.3, -0.25) is 0 Å². The molecule has 0 aliphatic rings. The average molecular weight is 377 g/mol. The zero-order valence-electron chi connectivity index (χ0n) is 11.8. The summed E-state index contributed by atoms with van der Waals surface area (Å²) >= 11 is 3.17. The first-order valence-electron chi connectivity index (χ1n) is 6.42. The van der Waals surface area contributed by atoms with Crippen molar-refractivity contribution in [1.29, 1.82) is 0 Å². The molecule has 0 aliphatic carbocycles. The predicted octanol–water partition coefficient (Wildman–Crippen LogP) is 2.57. The van der Waals surface area contributed by atoms with Crippen molar-refractivity contribution >= 4 is 26.0 Å². The minimum absolute atomic E-state index is 0.115. The van der Waals surface area contributed by atoms with Crippen molar-refractivity contribution in [2.24, 2.45) is 0 Å². The van der Waals surface area contributed by atoms with E-state index in [1.54, 1.807) is 12.1 Å². The molecule has 0 fully saturated rings. The van der Waals surface area contributed by atoms with Crippen LogP contribution in [0.3, 0.4) is 0 Å². The van der Waals surface area contributed by atoms with E-state index in [0.717, 1.165) is 6.54 Å². The Kier molecular flexibility index (Phi) is 5.26. The third-order valence-corrected chi connectivity index (χ3v) is 5.56. The lowest BCUT2D eigenvalue weighted by Gasteiger charge is -2.14. The van der Waals surface area contributed by atoms with E-state index in [1.807, 2.05) is 6.92 Å². The molecule has 0 radical (unpaired) electrons. The van der Waals surface area contributed by atoms with Crippen molar-refractivity contribution in [3.8, 4) is 0 Å². The fourth-order valence-corrected chi connectivity index (χ4v) is 3.88. The van der Waals surface area contributed by atoms with Gasteiger partial charge in [0.05, 0.1) is 19.4 Å². The molecule has 0 bridgehead atoms. The van der Waals surface area contributed by atoms with Crippen molar-refractivity contribution in [1.82, 2.24) is 9.62 Å². The minimum atomic E-state index is -3.65. The van der Waals surface area contributed by atoms with Crippen molar-refractivity contribution < 1.29 is 17.3 Å². The number of halogens is 1. The number of rotatable bonds is 7. The van der Waals surface area contributed by atoms with Crippen LogP contribution >= 0.6 is 15.9 Å². The maximum absolute atomic E-state index is 12.5. The normalized spacial score (nSPS) is 12.2. The lowest BCUT2D eigenvalue weighted by atomic mass is 10.4. The molecule has 0 unspecified atom stereocenters. The van der Waals surface area contributed by atoms with Gasteiger partial charge in [-0.05, 0) is 34.6 Å². The Balaban J connectivity index is 2.20. The summed E-state index contributed by atoms with van der Waals surface area (Å²) in [6.07, 6.45) is 1.51. The molecule has 0 amide bonds. The minimum Gasteiger partial charge on any atom is -0.468 e. The summed E-state index contributed by atoms with van der Waals surface area (Å²) in [5.41, 5.74) is 0. The highest BCUT2D eigenvalue weighted by Gasteiger charge is 2.27. The molecule has 0 saturated heterocycles. The summed E-state index contributed by atoms with van der Waals surface area (Å²) in [6, 6.07) is 4.98. The van der Waals surface area contributed by atoms with Crippen LogP contribution < -0.4 is 5.32 Å². The standard InChI is InChI=1S/C13H17BrN2O4S/c1-3-15-8-11-7-12(13(14)20-11)21(17,18)16(2)9-10-5-4-6-19-10/h4-7,15H,3,8-9H2,1-2H3. The Labute approximate surface area is 132 Å². The molecule has 2 rings (SSSR count). The first kappa shape index (κ1) is 16.3. The summed E-state index contributed by atoms with van der Waals surface area (Å²) in [5, 5.41) is 3.08. The van der Waals surface area contributed by atoms with Gasteiger partial charge in [0.25, 0.3) is 0 Å². The Morgan fingerprint density at radius 1 is 1.38 bits per heavy atom. The third-order valence-electron chi connectivity index (χ3n) is 2.90. The zero-order valence-corrected chi connectivity index (χ0v) is 14.2. The maximum atomic E-state index is 12.5. The predicted molar refractivity (Wildman–Crippen MR) is 81.1 cm³/mol. The SMILES string of the molecule is CCNCc1cc(S(=O)(=O)N(C)Cc2ccco2)c(Br)o1. The molecule has 0 saturated carbocycles. The molecule has 0 aliphatic heterocycles. The lowest BCUT2D eigenvalue weighted by molar-refractivity contribution is 0.404. The zero-order chi connectivity index (χ0) is 15.5. The molecule has 0 atom stereocenters. The van der Waals surface area contributed by atoms with Gasteiger partial charge < -0.3 is 14.2 Å². The first-order valence-corrected chi connectivity index (χ1v) is 8.66. The van der Waals surface area contributed by atoms with Crippen LogP contribution in [0.5, 0.6) is 0 Å². The second-order valence-electron chi connectivity index (χ2n) is 4.47. The molecule has 116 valence electrons. The molecule has 0 spiro atoms. The fraction of sp³-hybridized carbons (Fsp3) is 0.385. The summed E-state index contributed by atoms with van der Waals surface area (Å²) in [5.74, 6) is 1.14. The Hall–Kier alpha value is -1.09. The molecule has 2 aromatic heterocycles. The highest BCUT2D eigenvalue weighted by molar-refractivity contribution is 9.10. The molecule has 21 heavy (non-hydrogen) atoms. The van der Waals surface area contributed by atoms with Crippen LogP contribution in [0, 0.1) is 0 Å². The summed E-state index contributed by atoms with van der Waals surface area (Å²) in [7, 11) is -2.14. The Morgan fingerprint density at radius 3 is 2.76 bits per heavy atom. The summed E-state index contributed by atoms with van der Waals surface area (Å²) in [4.78, 5) is 0.115. The second-order valence-corrected chi connectivity index (χ2v) is 7.20. The highest BCUT2D eigenvalue weighted by atomic mass is 79.9. The van der Waals surface area contributed by atoms with Crippen molar-refractivity contribution in [3.63, 3.8) is 0 Å². The number of furan rings is 2. The van der Waals surface area contributed by atoms with E-state index >= 15 is 0 Å². The second kappa shape index (κ2) is 6.78. The quantitative estimate of drug-likeness (QED) is 0.803. The van der Waals surface area contributed by atoms with Gasteiger partial charge in [-0.1, -0.05) is 6.92 Å². The summed E-state index contributed by atoms with van der Waals surface area (Å²) < 4.78 is 37.1. The summed E-state index contributed by atoms with van der Waals surface area (Å²) in [6.45, 7) is 3.38. The van der Waals surface area contributed by atoms with E-state index in [0.29, 0.717) is 18.1 Å². The molecule has 0 aromatic carbocycles. The molecule has 2 heterocycles. The Morgan fingerprint density at radius 2 is 2.14 bits per heavy atom. The van der Waals surface area contributed by atoms with Gasteiger partial charge in [-0.2, -0.15) is 4.31 Å². The highest BCUT2D eigenvalue weighted by Crippen LogP contribution is 2.29. The molecule has 1 N–H and O–H groups in total. The van der Waals surface area contributed by atoms with Gasteiger partial charge >= 0.3 is 0 Å². The van der Waals surface area contributed by atoms with Gasteiger partial charge in [0.15, 0.2) is 4.67 Å². The van der Waals surface area contributed by atoms with Crippen molar-refractivity contribution in [3.05, 3.63) is 40.7 Å². The van der Waals surface area contributed by atoms with Crippen LogP contribution in [-0.2, 0) is 23.1 Å². The monoisotopic (exact) mass is 376 g/mol. The topological polar surface area (TPSA) is 75.7 Å². The maximum Gasteiger partial charge on any atom is 0.247 e.